The van der Waals surface area contributed by atoms with Crippen LogP contribution in [-0.4, -0.2) is 9.97 Å². The zero-order valence-corrected chi connectivity index (χ0v) is 34.2. The predicted molar refractivity (Wildman–Crippen MR) is 251 cm³/mol. The van der Waals surface area contributed by atoms with Crippen LogP contribution in [0.4, 0.5) is 0 Å². The van der Waals surface area contributed by atoms with E-state index in [2.05, 4.69) is 210 Å². The molecule has 12 rings (SSSR count). The van der Waals surface area contributed by atoms with Gasteiger partial charge in [0.15, 0.2) is 0 Å². The quantitative estimate of drug-likeness (QED) is 0.178. The van der Waals surface area contributed by atoms with Crippen LogP contribution in [0.5, 0.6) is 0 Å². The van der Waals surface area contributed by atoms with Gasteiger partial charge in [0.25, 0.3) is 0 Å². The van der Waals surface area contributed by atoms with Crippen LogP contribution in [0.2, 0.25) is 0 Å². The van der Waals surface area contributed by atoms with Crippen molar-refractivity contribution in [2.45, 2.75) is 38.5 Å². The van der Waals surface area contributed by atoms with Crippen molar-refractivity contribution < 1.29 is 0 Å². The third-order valence-corrected chi connectivity index (χ3v) is 13.7. The number of nitrogens with zero attached hydrogens (tertiary/aromatic N) is 2. The van der Waals surface area contributed by atoms with Gasteiger partial charge in [0, 0.05) is 33.1 Å². The minimum Gasteiger partial charge on any atom is -0.243 e. The fourth-order valence-electron chi connectivity index (χ4n) is 10.6. The van der Waals surface area contributed by atoms with Gasteiger partial charge in [-0.15, -0.1) is 0 Å². The first-order valence-electron chi connectivity index (χ1n) is 21.1. The van der Waals surface area contributed by atoms with Crippen LogP contribution in [0, 0.1) is 0 Å². The van der Waals surface area contributed by atoms with Crippen molar-refractivity contribution in [2.75, 3.05) is 0 Å². The Bertz CT molecular complexity index is 3200. The molecule has 2 aliphatic rings. The lowest BCUT2D eigenvalue weighted by atomic mass is 9.81. The maximum Gasteiger partial charge on any atom is 0.0979 e. The molecule has 0 N–H and O–H groups in total. The van der Waals surface area contributed by atoms with Crippen molar-refractivity contribution in [1.29, 1.82) is 0 Å². The Morgan fingerprint density at radius 3 is 1.12 bits per heavy atom. The topological polar surface area (TPSA) is 25.8 Å². The van der Waals surface area contributed by atoms with Gasteiger partial charge in [-0.3, -0.25) is 0 Å². The highest BCUT2D eigenvalue weighted by molar-refractivity contribution is 6.11. The largest absolute Gasteiger partial charge is 0.243 e. The molecule has 0 saturated carbocycles. The molecule has 0 unspecified atom stereocenters. The summed E-state index contributed by atoms with van der Waals surface area (Å²) < 4.78 is 0. The second kappa shape index (κ2) is 12.7. The third kappa shape index (κ3) is 4.94. The third-order valence-electron chi connectivity index (χ3n) is 13.7. The SMILES string of the molecule is CC1(C)c2ccccc2-c2ccc(-c3nc4c(-c5cccc6ccccc56)ccc(-c5cccc6ccccc56)c4nc3-c3ccc4c(c3)C(C)(C)c3ccccc3-4)cc21. The molecular formula is C58H42N2. The fraction of sp³-hybridized carbons (Fsp3) is 0.103. The predicted octanol–water partition coefficient (Wildman–Crippen LogP) is 15.2. The molecule has 0 amide bonds. The maximum atomic E-state index is 5.90. The zero-order valence-electron chi connectivity index (χ0n) is 34.2. The zero-order chi connectivity index (χ0) is 40.3. The van der Waals surface area contributed by atoms with Crippen LogP contribution >= 0.6 is 0 Å². The molecule has 2 nitrogen and oxygen atoms in total. The summed E-state index contributed by atoms with van der Waals surface area (Å²) in [6.07, 6.45) is 0. The highest BCUT2D eigenvalue weighted by Gasteiger charge is 2.37. The molecule has 1 aromatic heterocycles. The van der Waals surface area contributed by atoms with E-state index in [0.29, 0.717) is 0 Å². The number of hydrogen-bond donors (Lipinski definition) is 0. The molecule has 284 valence electrons. The van der Waals surface area contributed by atoms with Gasteiger partial charge in [-0.25, -0.2) is 9.97 Å². The number of fused-ring (bicyclic) bond motifs is 9. The Labute approximate surface area is 350 Å². The average Bonchev–Trinajstić information content (AvgIpc) is 3.66. The summed E-state index contributed by atoms with van der Waals surface area (Å²) in [7, 11) is 0. The lowest BCUT2D eigenvalue weighted by molar-refractivity contribution is 0.660. The Hall–Kier alpha value is -7.16. The van der Waals surface area contributed by atoms with Gasteiger partial charge >= 0.3 is 0 Å². The number of hydrogen-bond acceptors (Lipinski definition) is 2. The molecule has 2 heteroatoms. The molecule has 0 saturated heterocycles. The van der Waals surface area contributed by atoms with E-state index in [1.54, 1.807) is 0 Å². The molecule has 0 atom stereocenters. The van der Waals surface area contributed by atoms with Gasteiger partial charge in [-0.05, 0) is 89.3 Å². The Morgan fingerprint density at radius 1 is 0.300 bits per heavy atom. The summed E-state index contributed by atoms with van der Waals surface area (Å²) in [6, 6.07) is 66.7. The van der Waals surface area contributed by atoms with Gasteiger partial charge in [0.05, 0.1) is 22.4 Å². The lowest BCUT2D eigenvalue weighted by Crippen LogP contribution is -2.15. The first kappa shape index (κ1) is 34.8. The van der Waals surface area contributed by atoms with Crippen LogP contribution in [-0.2, 0) is 10.8 Å². The normalized spacial score (nSPS) is 14.3. The molecule has 0 spiro atoms. The van der Waals surface area contributed by atoms with E-state index in [9.17, 15) is 0 Å². The lowest BCUT2D eigenvalue weighted by Gasteiger charge is -2.23. The van der Waals surface area contributed by atoms with Crippen molar-refractivity contribution in [3.8, 4) is 67.0 Å². The molecule has 2 aliphatic carbocycles. The number of rotatable bonds is 4. The van der Waals surface area contributed by atoms with E-state index in [4.69, 9.17) is 9.97 Å². The second-order valence-electron chi connectivity index (χ2n) is 17.7. The smallest absolute Gasteiger partial charge is 0.0979 e. The van der Waals surface area contributed by atoms with Crippen LogP contribution in [0.15, 0.2) is 182 Å². The molecule has 0 bridgehead atoms. The Morgan fingerprint density at radius 2 is 0.650 bits per heavy atom. The molecule has 60 heavy (non-hydrogen) atoms. The van der Waals surface area contributed by atoms with Crippen LogP contribution < -0.4 is 0 Å². The van der Waals surface area contributed by atoms with Crippen LogP contribution in [0.1, 0.15) is 49.9 Å². The fourth-order valence-corrected chi connectivity index (χ4v) is 10.6. The Kier molecular flexibility index (Phi) is 7.36. The number of aromatic nitrogens is 2. The van der Waals surface area contributed by atoms with Crippen molar-refractivity contribution in [3.63, 3.8) is 0 Å². The van der Waals surface area contributed by atoms with E-state index in [-0.39, 0.29) is 10.8 Å². The maximum absolute atomic E-state index is 5.90. The highest BCUT2D eigenvalue weighted by atomic mass is 14.8. The Balaban J connectivity index is 1.19. The number of benzene rings is 9. The van der Waals surface area contributed by atoms with Crippen molar-refractivity contribution in [3.05, 3.63) is 204 Å². The van der Waals surface area contributed by atoms with Crippen molar-refractivity contribution in [2.24, 2.45) is 0 Å². The van der Waals surface area contributed by atoms with E-state index >= 15 is 0 Å². The van der Waals surface area contributed by atoms with E-state index < -0.39 is 0 Å². The summed E-state index contributed by atoms with van der Waals surface area (Å²) >= 11 is 0. The summed E-state index contributed by atoms with van der Waals surface area (Å²) in [6.45, 7) is 9.40. The summed E-state index contributed by atoms with van der Waals surface area (Å²) in [5.41, 5.74) is 20.4. The van der Waals surface area contributed by atoms with Gasteiger partial charge in [-0.2, -0.15) is 0 Å². The van der Waals surface area contributed by atoms with Gasteiger partial charge in [0.2, 0.25) is 0 Å². The van der Waals surface area contributed by atoms with Gasteiger partial charge in [-0.1, -0.05) is 198 Å². The monoisotopic (exact) mass is 766 g/mol. The van der Waals surface area contributed by atoms with Crippen LogP contribution in [0.3, 0.4) is 0 Å². The van der Waals surface area contributed by atoms with Crippen LogP contribution in [0.25, 0.3) is 99.6 Å². The van der Waals surface area contributed by atoms with E-state index in [1.165, 1.54) is 66.1 Å². The van der Waals surface area contributed by atoms with Crippen molar-refractivity contribution >= 4 is 32.6 Å². The summed E-state index contributed by atoms with van der Waals surface area (Å²) in [5, 5.41) is 4.80. The summed E-state index contributed by atoms with van der Waals surface area (Å²) in [5.74, 6) is 0. The molecule has 0 radical (unpaired) electrons. The molecule has 10 aromatic rings. The minimum atomic E-state index is -0.161. The second-order valence-corrected chi connectivity index (χ2v) is 17.7. The van der Waals surface area contributed by atoms with E-state index in [1.807, 2.05) is 0 Å². The molecule has 0 aliphatic heterocycles. The molecule has 1 heterocycles. The minimum absolute atomic E-state index is 0.161. The van der Waals surface area contributed by atoms with Gasteiger partial charge in [0.1, 0.15) is 0 Å². The first-order valence-corrected chi connectivity index (χ1v) is 21.1. The standard InChI is InChI=1S/C58H42N2/c1-57(2)49-25-11-9-21-43(49)45-29-27-37(33-51(45)57)53-54(38-28-30-46-44-22-10-12-26-50(44)58(3,4)52(46)34-38)60-56-48(42-24-14-18-36-16-6-8-20-40(36)42)32-31-47(55(56)59-53)41-23-13-17-35-15-5-7-19-39(35)41/h5-34H,1-4H3. The molecule has 0 fully saturated rings. The van der Waals surface area contributed by atoms with E-state index in [0.717, 1.165) is 55.8 Å². The highest BCUT2D eigenvalue weighted by Crippen LogP contribution is 2.52. The first-order chi connectivity index (χ1) is 29.3. The summed E-state index contributed by atoms with van der Waals surface area (Å²) in [4.78, 5) is 11.8. The molecular weight excluding hydrogens is 725 g/mol. The van der Waals surface area contributed by atoms with Gasteiger partial charge < -0.3 is 0 Å². The molecule has 9 aromatic carbocycles. The average molecular weight is 767 g/mol. The van der Waals surface area contributed by atoms with Crippen molar-refractivity contribution in [1.82, 2.24) is 9.97 Å².